The fraction of sp³-hybridized carbons (Fsp3) is 0.128. The summed E-state index contributed by atoms with van der Waals surface area (Å²) < 4.78 is 39.6. The number of halogens is 3. The van der Waals surface area contributed by atoms with E-state index in [-0.39, 0.29) is 50.8 Å². The summed E-state index contributed by atoms with van der Waals surface area (Å²) >= 11 is 19.5. The number of pyridine rings is 1. The van der Waals surface area contributed by atoms with E-state index in [1.165, 1.54) is 41.5 Å². The number of nitrogens with two attached hydrogens (primary N) is 1. The van der Waals surface area contributed by atoms with Crippen LogP contribution in [0.4, 0.5) is 5.82 Å². The number of Topliss-reactive ketones (excluding diaryl/α,β-unsaturated/α-hetero) is 1. The molecule has 4 heterocycles. The second kappa shape index (κ2) is 15.8. The van der Waals surface area contributed by atoms with Gasteiger partial charge in [0.05, 0.1) is 32.7 Å². The number of anilines is 1. The van der Waals surface area contributed by atoms with Crippen LogP contribution < -0.4 is 10.3 Å². The predicted molar refractivity (Wildman–Crippen MR) is 212 cm³/mol. The Kier molecular flexibility index (Phi) is 10.7. The number of phosphoric acid groups is 1. The van der Waals surface area contributed by atoms with Gasteiger partial charge in [-0.1, -0.05) is 89.4 Å². The van der Waals surface area contributed by atoms with E-state index >= 15 is 0 Å². The maximum atomic E-state index is 14.3. The minimum atomic E-state index is -5.16. The molecule has 3 N–H and O–H groups in total. The van der Waals surface area contributed by atoms with Crippen molar-refractivity contribution in [3.05, 3.63) is 142 Å². The normalized spacial score (nSPS) is 18.3. The van der Waals surface area contributed by atoms with Crippen LogP contribution in [0.25, 0.3) is 33.3 Å². The highest BCUT2D eigenvalue weighted by Crippen LogP contribution is 2.51. The molecule has 0 saturated carbocycles. The van der Waals surface area contributed by atoms with Crippen LogP contribution in [0, 0.1) is 0 Å². The molecule has 3 aromatic heterocycles. The van der Waals surface area contributed by atoms with Crippen LogP contribution in [0.15, 0.2) is 116 Å². The first-order chi connectivity index (χ1) is 27.5. The highest BCUT2D eigenvalue weighted by atomic mass is 35.5. The molecule has 0 bridgehead atoms. The van der Waals surface area contributed by atoms with Crippen molar-refractivity contribution in [2.24, 2.45) is 0 Å². The molecule has 5 atom stereocenters. The number of fused-ring (bicyclic) bond motifs is 2. The summed E-state index contributed by atoms with van der Waals surface area (Å²) in [6.45, 7) is 0. The summed E-state index contributed by atoms with van der Waals surface area (Å²) in [5, 5.41) is 1.31. The molecule has 0 aliphatic carbocycles. The van der Waals surface area contributed by atoms with Crippen LogP contribution in [0.1, 0.15) is 33.4 Å². The molecule has 18 heteroatoms. The molecule has 57 heavy (non-hydrogen) atoms. The largest absolute Gasteiger partial charge is 0.527 e. The second-order valence-electron chi connectivity index (χ2n) is 12.7. The Hall–Kier alpha value is -5.44. The first-order valence-electron chi connectivity index (χ1n) is 17.2. The topological polar surface area (TPSA) is 191 Å². The van der Waals surface area contributed by atoms with Gasteiger partial charge in [0.2, 0.25) is 5.78 Å². The van der Waals surface area contributed by atoms with E-state index in [0.717, 1.165) is 0 Å². The van der Waals surface area contributed by atoms with Gasteiger partial charge in [0.15, 0.2) is 23.3 Å². The summed E-state index contributed by atoms with van der Waals surface area (Å²) in [6.07, 6.45) is -3.16. The number of ether oxygens (including phenoxy) is 2. The molecule has 1 saturated heterocycles. The molecule has 288 valence electrons. The third-order valence-corrected chi connectivity index (χ3v) is 11.1. The monoisotopic (exact) mass is 844 g/mol. The summed E-state index contributed by atoms with van der Waals surface area (Å²) in [5.74, 6) is -1.57. The quantitative estimate of drug-likeness (QED) is 0.0716. The number of hydrogen-bond donors (Lipinski definition) is 2. The molecule has 7 aromatic rings. The molecular weight excluding hydrogens is 818 g/mol. The Morgan fingerprint density at radius 2 is 1.54 bits per heavy atom. The average molecular weight is 846 g/mol. The van der Waals surface area contributed by atoms with Crippen LogP contribution >= 0.6 is 42.6 Å². The Morgan fingerprint density at radius 3 is 2.26 bits per heavy atom. The lowest BCUT2D eigenvalue weighted by Gasteiger charge is -2.27. The molecule has 1 fully saturated rings. The van der Waals surface area contributed by atoms with Gasteiger partial charge in [-0.3, -0.25) is 18.8 Å². The number of carbonyl (C=O) groups is 2. The van der Waals surface area contributed by atoms with Crippen LogP contribution in [0.3, 0.4) is 0 Å². The van der Waals surface area contributed by atoms with Gasteiger partial charge in [0, 0.05) is 22.9 Å². The summed E-state index contributed by atoms with van der Waals surface area (Å²) in [7, 11) is -5.16. The second-order valence-corrected chi connectivity index (χ2v) is 15.3. The Labute approximate surface area is 338 Å². The van der Waals surface area contributed by atoms with E-state index in [9.17, 15) is 19.0 Å². The lowest BCUT2D eigenvalue weighted by molar-refractivity contribution is -0.0755. The van der Waals surface area contributed by atoms with E-state index in [4.69, 9.17) is 59.1 Å². The number of nitrogens with zero attached hydrogens (tertiary/aromatic N) is 5. The molecule has 14 nitrogen and oxygen atoms in total. The number of benzene rings is 4. The zero-order valence-corrected chi connectivity index (χ0v) is 32.3. The van der Waals surface area contributed by atoms with Crippen molar-refractivity contribution in [2.75, 3.05) is 5.73 Å². The van der Waals surface area contributed by atoms with Gasteiger partial charge < -0.3 is 19.7 Å². The Morgan fingerprint density at radius 1 is 0.842 bits per heavy atom. The first kappa shape index (κ1) is 38.4. The average Bonchev–Trinajstić information content (AvgIpc) is 3.83. The van der Waals surface area contributed by atoms with Gasteiger partial charge in [-0.15, -0.1) is 0 Å². The molecule has 1 aliphatic heterocycles. The van der Waals surface area contributed by atoms with Crippen LogP contribution in [0.5, 0.6) is 5.75 Å². The van der Waals surface area contributed by atoms with E-state index in [0.29, 0.717) is 26.7 Å². The predicted octanol–water partition coefficient (Wildman–Crippen LogP) is 8.54. The third kappa shape index (κ3) is 7.81. The van der Waals surface area contributed by atoms with Crippen molar-refractivity contribution >= 4 is 82.3 Å². The number of aromatic nitrogens is 5. The smallest absolute Gasteiger partial charge is 0.447 e. The number of ketones is 1. The zero-order chi connectivity index (χ0) is 39.8. The van der Waals surface area contributed by atoms with Gasteiger partial charge >= 0.3 is 13.8 Å². The number of hydrogen-bond acceptors (Lipinski definition) is 12. The minimum Gasteiger partial charge on any atom is -0.447 e. The molecule has 0 amide bonds. The number of carbonyl (C=O) groups excluding carboxylic acids is 2. The maximum absolute atomic E-state index is 14.3. The first-order valence-corrected chi connectivity index (χ1v) is 19.8. The fourth-order valence-electron chi connectivity index (χ4n) is 6.51. The minimum absolute atomic E-state index is 0.0991. The van der Waals surface area contributed by atoms with Crippen molar-refractivity contribution in [1.82, 2.24) is 24.5 Å². The van der Waals surface area contributed by atoms with E-state index < -0.39 is 44.1 Å². The van der Waals surface area contributed by atoms with Gasteiger partial charge in [-0.2, -0.15) is 0 Å². The number of nitrogen functional groups attached to an aromatic ring is 1. The summed E-state index contributed by atoms with van der Waals surface area (Å²) in [4.78, 5) is 56.5. The van der Waals surface area contributed by atoms with Crippen molar-refractivity contribution < 1.29 is 37.6 Å². The molecule has 0 spiro atoms. The van der Waals surface area contributed by atoms with E-state index in [2.05, 4.69) is 19.9 Å². The lowest BCUT2D eigenvalue weighted by atomic mass is 9.98. The van der Waals surface area contributed by atoms with E-state index in [1.54, 1.807) is 78.9 Å². The lowest BCUT2D eigenvalue weighted by Crippen LogP contribution is -2.44. The standard InChI is InChI=1S/C39H28Cl3N6O8P/c40-24-15-17-28(32-23(24)14-16-27(47-32)31-25(41)12-7-13-26(31)42)55-57(51,52)56-29-18-30(48-20-46-33-37(43)44-19-45-38(33)48)53-35(29)36(34(49)21-8-3-1-4-9-21)54-39(50)22-10-5-2-6-11-22/h1-17,19-20,29-30,35-36H,18H2,(H,51,52)(H2,43,44,45)/t29-,30+,35-,36?/m0/s1. The number of imidazole rings is 1. The number of rotatable bonds is 11. The number of phosphoric ester groups is 1. The van der Waals surface area contributed by atoms with Crippen LogP contribution in [-0.2, 0) is 18.6 Å². The molecule has 8 rings (SSSR count). The Balaban J connectivity index is 1.18. The zero-order valence-electron chi connectivity index (χ0n) is 29.2. The van der Waals surface area contributed by atoms with Gasteiger partial charge in [0.25, 0.3) is 0 Å². The summed E-state index contributed by atoms with van der Waals surface area (Å²) in [6, 6.07) is 27.2. The van der Waals surface area contributed by atoms with Gasteiger partial charge in [-0.25, -0.2) is 29.3 Å². The molecule has 0 radical (unpaired) electrons. The summed E-state index contributed by atoms with van der Waals surface area (Å²) in [5.41, 5.74) is 7.78. The molecule has 4 aromatic carbocycles. The van der Waals surface area contributed by atoms with Gasteiger partial charge in [0.1, 0.15) is 35.8 Å². The maximum Gasteiger partial charge on any atom is 0.527 e. The van der Waals surface area contributed by atoms with E-state index in [1.807, 2.05) is 0 Å². The van der Waals surface area contributed by atoms with Crippen molar-refractivity contribution in [1.29, 1.82) is 0 Å². The molecule has 2 unspecified atom stereocenters. The fourth-order valence-corrected chi connectivity index (χ4v) is 8.30. The van der Waals surface area contributed by atoms with Crippen LogP contribution in [-0.4, -0.2) is 59.5 Å². The Bertz CT molecular complexity index is 2690. The highest BCUT2D eigenvalue weighted by Gasteiger charge is 2.50. The van der Waals surface area contributed by atoms with Gasteiger partial charge in [-0.05, 0) is 48.5 Å². The van der Waals surface area contributed by atoms with Crippen LogP contribution in [0.2, 0.25) is 15.1 Å². The van der Waals surface area contributed by atoms with Crippen molar-refractivity contribution in [3.63, 3.8) is 0 Å². The van der Waals surface area contributed by atoms with Crippen molar-refractivity contribution in [2.45, 2.75) is 31.0 Å². The number of esters is 1. The molecular formula is C39H28Cl3N6O8P. The third-order valence-electron chi connectivity index (χ3n) is 9.14. The highest BCUT2D eigenvalue weighted by molar-refractivity contribution is 7.47. The SMILES string of the molecule is Nc1ncnc2c1ncn2[C@H]1C[C@H](OP(=O)(O)Oc2ccc(Cl)c3ccc(-c4c(Cl)cccc4Cl)nc23)[C@@H](C(OC(=O)c2ccccc2)C(=O)c2ccccc2)O1. The molecule has 1 aliphatic rings. The van der Waals surface area contributed by atoms with Crippen molar-refractivity contribution in [3.8, 4) is 17.0 Å².